The molecule has 0 saturated carbocycles. The molecule has 0 bridgehead atoms. The molecule has 1 aliphatic rings. The van der Waals surface area contributed by atoms with E-state index in [1.54, 1.807) is 0 Å². The summed E-state index contributed by atoms with van der Waals surface area (Å²) in [6.07, 6.45) is -6.47. The Labute approximate surface area is 156 Å². The van der Waals surface area contributed by atoms with Crippen molar-refractivity contribution < 1.29 is 56.4 Å². The van der Waals surface area contributed by atoms with E-state index in [1.165, 1.54) is 6.92 Å². The van der Waals surface area contributed by atoms with Crippen molar-refractivity contribution in [1.82, 2.24) is 0 Å². The quantitative estimate of drug-likeness (QED) is 0.483. The van der Waals surface area contributed by atoms with E-state index in [4.69, 9.17) is 0 Å². The molecule has 0 atom stereocenters. The summed E-state index contributed by atoms with van der Waals surface area (Å²) < 4.78 is 145. The number of Topliss-reactive ketones (excluding diaryl/α,β-unsaturated/α-hetero) is 1. The van der Waals surface area contributed by atoms with Crippen LogP contribution in [0.5, 0.6) is 0 Å². The predicted molar refractivity (Wildman–Crippen MR) is 82.2 cm³/mol. The molecule has 4 nitrogen and oxygen atoms in total. The van der Waals surface area contributed by atoms with E-state index in [-0.39, 0.29) is 30.8 Å². The first kappa shape index (κ1) is 25.3. The highest BCUT2D eigenvalue weighted by Crippen LogP contribution is 2.60. The first-order valence-corrected chi connectivity index (χ1v) is 11.3. The van der Waals surface area contributed by atoms with E-state index < -0.39 is 55.2 Å². The van der Waals surface area contributed by atoms with Gasteiger partial charge in [0.05, 0.1) is 5.75 Å². The lowest BCUT2D eigenvalue weighted by Crippen LogP contribution is -2.63. The van der Waals surface area contributed by atoms with Crippen molar-refractivity contribution in [3.05, 3.63) is 0 Å². The number of hydrogen-bond donors (Lipinski definition) is 0. The van der Waals surface area contributed by atoms with Gasteiger partial charge in [-0.05, 0) is 12.8 Å². The molecule has 1 saturated heterocycles. The topological polar surface area (TPSA) is 60.4 Å². The summed E-state index contributed by atoms with van der Waals surface area (Å²) >= 11 is 0. The summed E-state index contributed by atoms with van der Waals surface area (Å²) in [4.78, 5) is 11.6. The van der Waals surface area contributed by atoms with E-state index in [0.29, 0.717) is 6.42 Å². The van der Waals surface area contributed by atoms with Crippen LogP contribution in [0.1, 0.15) is 32.6 Å². The van der Waals surface area contributed by atoms with Crippen LogP contribution < -0.4 is 0 Å². The molecule has 0 aromatic heterocycles. The summed E-state index contributed by atoms with van der Waals surface area (Å²) in [5.41, 5.74) is 0. The van der Waals surface area contributed by atoms with Gasteiger partial charge in [-0.1, -0.05) is 13.3 Å². The van der Waals surface area contributed by atoms with Gasteiger partial charge in [-0.3, -0.25) is 4.79 Å². The number of alkyl halides is 9. The fourth-order valence-corrected chi connectivity index (χ4v) is 8.18. The Morgan fingerprint density at radius 3 is 1.75 bits per heavy atom. The van der Waals surface area contributed by atoms with Crippen LogP contribution in [0, 0.1) is 0 Å². The van der Waals surface area contributed by atoms with Gasteiger partial charge in [-0.25, -0.2) is 3.63 Å². The zero-order valence-electron chi connectivity index (χ0n) is 14.3. The molecule has 15 heteroatoms. The Bertz CT molecular complexity index is 683. The molecule has 0 aliphatic carbocycles. The summed E-state index contributed by atoms with van der Waals surface area (Å²) in [5, 5.41) is -6.90. The molecule has 0 aromatic rings. The second-order valence-corrected chi connectivity index (χ2v) is 11.2. The highest BCUT2D eigenvalue weighted by Gasteiger charge is 2.86. The molecule has 1 aliphatic heterocycles. The Morgan fingerprint density at radius 2 is 1.36 bits per heavy atom. The molecule has 1 fully saturated rings. The third kappa shape index (κ3) is 4.40. The first-order chi connectivity index (χ1) is 12.4. The largest absolute Gasteiger partial charge is 0.460 e. The van der Waals surface area contributed by atoms with Crippen LogP contribution in [0.15, 0.2) is 0 Å². The molecule has 0 spiro atoms. The van der Waals surface area contributed by atoms with Crippen molar-refractivity contribution in [2.45, 2.75) is 55.9 Å². The second-order valence-electron chi connectivity index (χ2n) is 6.16. The van der Waals surface area contributed by atoms with Crippen molar-refractivity contribution in [2.75, 3.05) is 17.3 Å². The van der Waals surface area contributed by atoms with Crippen LogP contribution in [0.3, 0.4) is 0 Å². The van der Waals surface area contributed by atoms with E-state index in [2.05, 4.69) is 3.63 Å². The summed E-state index contributed by atoms with van der Waals surface area (Å²) in [6, 6.07) is 0. The third-order valence-corrected chi connectivity index (χ3v) is 9.68. The number of carbonyl (C=O) groups excluding carboxylic acids is 1. The molecule has 1 heterocycles. The smallest absolute Gasteiger partial charge is 0.299 e. The normalized spacial score (nSPS) is 20.6. The average molecular weight is 472 g/mol. The van der Waals surface area contributed by atoms with E-state index in [9.17, 15) is 52.7 Å². The number of hydrogen-bond acceptors (Lipinski definition) is 4. The summed E-state index contributed by atoms with van der Waals surface area (Å²) in [6.45, 7) is 1.35. The number of carbonyl (C=O) groups is 1. The van der Waals surface area contributed by atoms with Gasteiger partial charge >= 0.3 is 33.4 Å². The lowest BCUT2D eigenvalue weighted by atomic mass is 10.1. The second kappa shape index (κ2) is 7.85. The molecular weight excluding hydrogens is 455 g/mol. The fourth-order valence-electron chi connectivity index (χ4n) is 2.39. The standard InChI is InChI=1S/C13H17F9O4S2/c1-2-9(23)8-27(6-4-3-5-7-27)26-28(24,25)13(21,22)11(16,17)10(14,15)12(18,19)20/h2-8H2,1H3. The molecule has 0 aromatic carbocycles. The van der Waals surface area contributed by atoms with Gasteiger partial charge in [0.1, 0.15) is 5.78 Å². The van der Waals surface area contributed by atoms with Crippen molar-refractivity contribution >= 4 is 26.2 Å². The highest BCUT2D eigenvalue weighted by molar-refractivity contribution is 8.33. The van der Waals surface area contributed by atoms with Crippen molar-refractivity contribution in [2.24, 2.45) is 0 Å². The predicted octanol–water partition coefficient (Wildman–Crippen LogP) is 4.64. The minimum absolute atomic E-state index is 0.170. The van der Waals surface area contributed by atoms with Crippen LogP contribution in [-0.2, 0) is 18.5 Å². The molecule has 28 heavy (non-hydrogen) atoms. The van der Waals surface area contributed by atoms with E-state index in [0.717, 1.165) is 0 Å². The molecule has 0 N–H and O–H groups in total. The van der Waals surface area contributed by atoms with Crippen molar-refractivity contribution in [3.8, 4) is 0 Å². The minimum Gasteiger partial charge on any atom is -0.299 e. The van der Waals surface area contributed by atoms with Crippen LogP contribution >= 0.6 is 10.3 Å². The molecule has 0 radical (unpaired) electrons. The summed E-state index contributed by atoms with van der Waals surface area (Å²) in [5.74, 6) is -16.6. The molecule has 1 rings (SSSR count). The SMILES string of the molecule is CCC(=O)CS1(OS(=O)(=O)C(F)(F)C(F)(F)C(F)(F)C(F)(F)F)CCCCC1. The van der Waals surface area contributed by atoms with Gasteiger partial charge in [0.15, 0.2) is 0 Å². The Kier molecular flexibility index (Phi) is 7.11. The Morgan fingerprint density at radius 1 is 0.893 bits per heavy atom. The van der Waals surface area contributed by atoms with E-state index >= 15 is 0 Å². The third-order valence-electron chi connectivity index (χ3n) is 4.01. The van der Waals surface area contributed by atoms with Gasteiger partial charge in [-0.2, -0.15) is 47.9 Å². The first-order valence-electron chi connectivity index (χ1n) is 7.81. The summed E-state index contributed by atoms with van der Waals surface area (Å²) in [7, 11) is -10.2. The fraction of sp³-hybridized carbons (Fsp3) is 0.923. The lowest BCUT2D eigenvalue weighted by Gasteiger charge is -2.42. The molecule has 0 amide bonds. The number of rotatable bonds is 8. The van der Waals surface area contributed by atoms with Gasteiger partial charge in [0.25, 0.3) is 0 Å². The maximum atomic E-state index is 13.8. The van der Waals surface area contributed by atoms with Gasteiger partial charge < -0.3 is 0 Å². The Balaban J connectivity index is 3.36. The monoisotopic (exact) mass is 472 g/mol. The lowest BCUT2D eigenvalue weighted by molar-refractivity contribution is -0.382. The Hall–Kier alpha value is -0.700. The molecular formula is C13H17F9O4S2. The maximum Gasteiger partial charge on any atom is 0.460 e. The number of ketones is 1. The van der Waals surface area contributed by atoms with Gasteiger partial charge in [0.2, 0.25) is 0 Å². The average Bonchev–Trinajstić information content (AvgIpc) is 2.53. The maximum absolute atomic E-state index is 13.8. The van der Waals surface area contributed by atoms with Crippen LogP contribution in [0.4, 0.5) is 39.5 Å². The minimum atomic E-state index is -7.35. The van der Waals surface area contributed by atoms with Crippen LogP contribution in [-0.4, -0.2) is 54.7 Å². The zero-order chi connectivity index (χ0) is 22.2. The zero-order valence-corrected chi connectivity index (χ0v) is 15.9. The highest BCUT2D eigenvalue weighted by atomic mass is 32.3. The van der Waals surface area contributed by atoms with Gasteiger partial charge in [0, 0.05) is 17.9 Å². The molecule has 168 valence electrons. The van der Waals surface area contributed by atoms with Gasteiger partial charge in [-0.15, -0.1) is 10.3 Å². The van der Waals surface area contributed by atoms with Crippen molar-refractivity contribution in [3.63, 3.8) is 0 Å². The number of halogens is 9. The van der Waals surface area contributed by atoms with Crippen LogP contribution in [0.2, 0.25) is 0 Å². The van der Waals surface area contributed by atoms with Crippen LogP contribution in [0.25, 0.3) is 0 Å². The van der Waals surface area contributed by atoms with E-state index in [1.807, 2.05) is 0 Å². The van der Waals surface area contributed by atoms with Crippen molar-refractivity contribution in [1.29, 1.82) is 0 Å². The molecule has 0 unspecified atom stereocenters.